The van der Waals surface area contributed by atoms with Crippen molar-refractivity contribution in [3.8, 4) is 0 Å². The normalized spacial score (nSPS) is 27.8. The Morgan fingerprint density at radius 2 is 2.05 bits per heavy atom. The Bertz CT molecular complexity index is 374. The average Bonchev–Trinajstić information content (AvgIpc) is 2.37. The molecule has 4 atom stereocenters. The van der Waals surface area contributed by atoms with Crippen molar-refractivity contribution >= 4 is 11.9 Å². The predicted molar refractivity (Wildman–Crippen MR) is 69.1 cm³/mol. The highest BCUT2D eigenvalue weighted by molar-refractivity contribution is 5.86. The van der Waals surface area contributed by atoms with Crippen LogP contribution in [0.2, 0.25) is 0 Å². The minimum Gasteiger partial charge on any atom is -0.483 e. The molecule has 1 heterocycles. The molecule has 1 rings (SSSR count). The number of ether oxygens (including phenoxy) is 3. The van der Waals surface area contributed by atoms with Crippen molar-refractivity contribution < 1.29 is 23.8 Å². The number of hydrogen-bond donors (Lipinski definition) is 0. The molecule has 0 bridgehead atoms. The Hall–Kier alpha value is -1.52. The van der Waals surface area contributed by atoms with E-state index in [1.165, 1.54) is 14.0 Å². The van der Waals surface area contributed by atoms with Gasteiger partial charge in [-0.3, -0.25) is 4.79 Å². The van der Waals surface area contributed by atoms with E-state index in [0.717, 1.165) is 0 Å². The monoisotopic (exact) mass is 270 g/mol. The van der Waals surface area contributed by atoms with E-state index in [1.54, 1.807) is 6.08 Å². The van der Waals surface area contributed by atoms with Crippen molar-refractivity contribution in [1.82, 2.24) is 0 Å². The lowest BCUT2D eigenvalue weighted by atomic mass is 9.82. The minimum absolute atomic E-state index is 0.00899. The van der Waals surface area contributed by atoms with E-state index in [9.17, 15) is 9.59 Å². The lowest BCUT2D eigenvalue weighted by Crippen LogP contribution is -2.39. The largest absolute Gasteiger partial charge is 0.483 e. The van der Waals surface area contributed by atoms with Gasteiger partial charge < -0.3 is 14.2 Å². The molecule has 0 saturated carbocycles. The standard InChI is InChI=1S/C14H22O5/c1-8-6-12(14(16)17-5)19-13(10(8)3)9(2)7-18-11(4)15/h6,8-10,13H,7H2,1-5H3/t8?,9-,10-,13?/m1/s1. The first-order valence-corrected chi connectivity index (χ1v) is 6.47. The van der Waals surface area contributed by atoms with Gasteiger partial charge in [0.15, 0.2) is 0 Å². The number of methoxy groups -OCH3 is 1. The highest BCUT2D eigenvalue weighted by atomic mass is 16.6. The SMILES string of the molecule is COC(=O)C1=CC(C)[C@@H](C)C([C@H](C)COC(C)=O)O1. The maximum atomic E-state index is 11.6. The van der Waals surface area contributed by atoms with Gasteiger partial charge in [0.2, 0.25) is 5.76 Å². The second-order valence-corrected chi connectivity index (χ2v) is 5.10. The zero-order chi connectivity index (χ0) is 14.6. The van der Waals surface area contributed by atoms with Gasteiger partial charge in [0.25, 0.3) is 0 Å². The lowest BCUT2D eigenvalue weighted by Gasteiger charge is -2.36. The highest BCUT2D eigenvalue weighted by Gasteiger charge is 2.35. The molecule has 5 nitrogen and oxygen atoms in total. The van der Waals surface area contributed by atoms with Crippen LogP contribution in [0.15, 0.2) is 11.8 Å². The number of carbonyl (C=O) groups excluding carboxylic acids is 2. The fourth-order valence-electron chi connectivity index (χ4n) is 2.18. The third kappa shape index (κ3) is 3.98. The summed E-state index contributed by atoms with van der Waals surface area (Å²) in [6, 6.07) is 0. The third-order valence-corrected chi connectivity index (χ3v) is 3.52. The van der Waals surface area contributed by atoms with E-state index < -0.39 is 5.97 Å². The van der Waals surface area contributed by atoms with Crippen LogP contribution in [0.5, 0.6) is 0 Å². The van der Waals surface area contributed by atoms with Crippen LogP contribution in [0.1, 0.15) is 27.7 Å². The topological polar surface area (TPSA) is 61.8 Å². The van der Waals surface area contributed by atoms with Crippen molar-refractivity contribution in [2.45, 2.75) is 33.8 Å². The van der Waals surface area contributed by atoms with Crippen LogP contribution in [0, 0.1) is 17.8 Å². The fraction of sp³-hybridized carbons (Fsp3) is 0.714. The quantitative estimate of drug-likeness (QED) is 0.730. The van der Waals surface area contributed by atoms with Crippen molar-refractivity contribution in [2.24, 2.45) is 17.8 Å². The molecule has 19 heavy (non-hydrogen) atoms. The molecule has 0 aromatic heterocycles. The molecule has 1 aliphatic rings. The molecule has 1 aliphatic heterocycles. The Labute approximate surface area is 113 Å². The number of rotatable bonds is 4. The predicted octanol–water partition coefficient (Wildman–Crippen LogP) is 1.91. The van der Waals surface area contributed by atoms with Crippen molar-refractivity contribution in [3.63, 3.8) is 0 Å². The molecule has 0 spiro atoms. The smallest absolute Gasteiger partial charge is 0.372 e. The van der Waals surface area contributed by atoms with Gasteiger partial charge in [-0.25, -0.2) is 4.79 Å². The van der Waals surface area contributed by atoms with Crippen LogP contribution in [0.3, 0.4) is 0 Å². The van der Waals surface area contributed by atoms with E-state index in [4.69, 9.17) is 9.47 Å². The molecule has 0 fully saturated rings. The van der Waals surface area contributed by atoms with Crippen molar-refractivity contribution in [2.75, 3.05) is 13.7 Å². The molecule has 0 aromatic rings. The average molecular weight is 270 g/mol. The third-order valence-electron chi connectivity index (χ3n) is 3.52. The number of esters is 2. The van der Waals surface area contributed by atoms with E-state index in [2.05, 4.69) is 11.7 Å². The van der Waals surface area contributed by atoms with Gasteiger partial charge in [-0.15, -0.1) is 0 Å². The summed E-state index contributed by atoms with van der Waals surface area (Å²) in [4.78, 5) is 22.4. The molecular weight excluding hydrogens is 248 g/mol. The molecule has 2 unspecified atom stereocenters. The summed E-state index contributed by atoms with van der Waals surface area (Å²) in [7, 11) is 1.33. The zero-order valence-corrected chi connectivity index (χ0v) is 12.1. The Balaban J connectivity index is 2.75. The minimum atomic E-state index is -0.469. The lowest BCUT2D eigenvalue weighted by molar-refractivity contribution is -0.149. The first-order valence-electron chi connectivity index (χ1n) is 6.47. The van der Waals surface area contributed by atoms with Crippen LogP contribution in [0.4, 0.5) is 0 Å². The highest BCUT2D eigenvalue weighted by Crippen LogP contribution is 2.32. The first-order chi connectivity index (χ1) is 8.86. The summed E-state index contributed by atoms with van der Waals surface area (Å²) in [6.45, 7) is 7.69. The Morgan fingerprint density at radius 1 is 1.42 bits per heavy atom. The molecule has 0 radical (unpaired) electrons. The van der Waals surface area contributed by atoms with Crippen LogP contribution in [-0.4, -0.2) is 31.8 Å². The van der Waals surface area contributed by atoms with E-state index >= 15 is 0 Å². The van der Waals surface area contributed by atoms with Gasteiger partial charge in [-0.2, -0.15) is 0 Å². The molecule has 0 aliphatic carbocycles. The molecule has 0 N–H and O–H groups in total. The van der Waals surface area contributed by atoms with Gasteiger partial charge in [0.05, 0.1) is 13.7 Å². The van der Waals surface area contributed by atoms with Crippen LogP contribution in [-0.2, 0) is 23.8 Å². The number of allylic oxidation sites excluding steroid dienone is 1. The summed E-state index contributed by atoms with van der Waals surface area (Å²) in [6.07, 6.45) is 1.61. The number of carbonyl (C=O) groups is 2. The summed E-state index contributed by atoms with van der Waals surface area (Å²) in [5.41, 5.74) is 0. The second kappa shape index (κ2) is 6.59. The number of hydrogen-bond acceptors (Lipinski definition) is 5. The van der Waals surface area contributed by atoms with Crippen LogP contribution >= 0.6 is 0 Å². The Morgan fingerprint density at radius 3 is 2.58 bits per heavy atom. The summed E-state index contributed by atoms with van der Waals surface area (Å²) in [5, 5.41) is 0. The first kappa shape index (κ1) is 15.5. The maximum Gasteiger partial charge on any atom is 0.372 e. The molecular formula is C14H22O5. The van der Waals surface area contributed by atoms with Crippen LogP contribution < -0.4 is 0 Å². The van der Waals surface area contributed by atoms with Gasteiger partial charge in [-0.05, 0) is 17.9 Å². The van der Waals surface area contributed by atoms with Gasteiger partial charge in [0.1, 0.15) is 6.10 Å². The van der Waals surface area contributed by atoms with E-state index in [0.29, 0.717) is 0 Å². The van der Waals surface area contributed by atoms with Crippen LogP contribution in [0.25, 0.3) is 0 Å². The van der Waals surface area contributed by atoms with E-state index in [1.807, 2.05) is 13.8 Å². The summed E-state index contributed by atoms with van der Waals surface area (Å²) in [5.74, 6) is -0.0930. The Kier molecular flexibility index (Phi) is 5.39. The fourth-order valence-corrected chi connectivity index (χ4v) is 2.18. The summed E-state index contributed by atoms with van der Waals surface area (Å²) < 4.78 is 15.4. The molecule has 0 amide bonds. The molecule has 5 heteroatoms. The zero-order valence-electron chi connectivity index (χ0n) is 12.1. The summed E-state index contributed by atoms with van der Waals surface area (Å²) >= 11 is 0. The molecule has 108 valence electrons. The van der Waals surface area contributed by atoms with E-state index in [-0.39, 0.29) is 42.2 Å². The van der Waals surface area contributed by atoms with Gasteiger partial charge in [0, 0.05) is 12.8 Å². The van der Waals surface area contributed by atoms with Gasteiger partial charge in [-0.1, -0.05) is 20.8 Å². The van der Waals surface area contributed by atoms with Crippen molar-refractivity contribution in [1.29, 1.82) is 0 Å². The van der Waals surface area contributed by atoms with Gasteiger partial charge >= 0.3 is 11.9 Å². The second-order valence-electron chi connectivity index (χ2n) is 5.10. The van der Waals surface area contributed by atoms with Crippen molar-refractivity contribution in [3.05, 3.63) is 11.8 Å². The molecule has 0 aromatic carbocycles. The molecule has 0 saturated heterocycles. The maximum absolute atomic E-state index is 11.6.